The van der Waals surface area contributed by atoms with Gasteiger partial charge in [-0.2, -0.15) is 0 Å². The van der Waals surface area contributed by atoms with Crippen molar-refractivity contribution in [3.63, 3.8) is 0 Å². The van der Waals surface area contributed by atoms with Crippen molar-refractivity contribution in [1.29, 1.82) is 0 Å². The molecule has 0 spiro atoms. The highest BCUT2D eigenvalue weighted by molar-refractivity contribution is 5.86. The van der Waals surface area contributed by atoms with Crippen molar-refractivity contribution in [2.45, 2.75) is 12.6 Å². The number of carboxylic acids is 1. The van der Waals surface area contributed by atoms with Crippen LogP contribution >= 0.6 is 0 Å². The fourth-order valence-corrected chi connectivity index (χ4v) is 1.82. The lowest BCUT2D eigenvalue weighted by Gasteiger charge is -2.09. The molecule has 0 saturated heterocycles. The Morgan fingerprint density at radius 3 is 2.94 bits per heavy atom. The number of methoxy groups -OCH3 is 1. The minimum atomic E-state index is -1.00. The van der Waals surface area contributed by atoms with Crippen LogP contribution in [0.25, 0.3) is 10.9 Å². The largest absolute Gasteiger partial charge is 0.496 e. The summed E-state index contributed by atoms with van der Waals surface area (Å²) in [6, 6.07) is 6.62. The number of aromatic nitrogens is 1. The normalized spacial score (nSPS) is 12.6. The van der Waals surface area contributed by atoms with E-state index in [-0.39, 0.29) is 6.54 Å². The van der Waals surface area contributed by atoms with E-state index in [1.807, 2.05) is 35.0 Å². The molecule has 0 aliphatic rings. The first-order valence-corrected chi connectivity index (χ1v) is 5.23. The number of nitrogens with two attached hydrogens (primary N) is 1. The second-order valence-corrected chi connectivity index (χ2v) is 3.81. The number of hydrogen-bond donors (Lipinski definition) is 2. The first kappa shape index (κ1) is 11.5. The standard InChI is InChI=1S/C12H14N2O3/c1-17-11-4-2-3-10-8(11)5-6-14(10)7-9(13)12(15)16/h2-6,9H,7,13H2,1H3,(H,15,16). The first-order chi connectivity index (χ1) is 8.13. The third-order valence-corrected chi connectivity index (χ3v) is 2.70. The van der Waals surface area contributed by atoms with E-state index in [1.165, 1.54) is 0 Å². The fraction of sp³-hybridized carbons (Fsp3) is 0.250. The Balaban J connectivity index is 2.40. The maximum Gasteiger partial charge on any atom is 0.322 e. The van der Waals surface area contributed by atoms with E-state index in [4.69, 9.17) is 15.6 Å². The molecular formula is C12H14N2O3. The zero-order chi connectivity index (χ0) is 12.4. The van der Waals surface area contributed by atoms with E-state index in [0.717, 1.165) is 16.7 Å². The molecule has 1 atom stereocenters. The summed E-state index contributed by atoms with van der Waals surface area (Å²) >= 11 is 0. The number of hydrogen-bond acceptors (Lipinski definition) is 3. The van der Waals surface area contributed by atoms with Gasteiger partial charge in [-0.15, -0.1) is 0 Å². The van der Waals surface area contributed by atoms with Crippen LogP contribution in [-0.4, -0.2) is 28.8 Å². The smallest absolute Gasteiger partial charge is 0.322 e. The molecule has 5 nitrogen and oxygen atoms in total. The fourth-order valence-electron chi connectivity index (χ4n) is 1.82. The van der Waals surface area contributed by atoms with Crippen LogP contribution in [0.5, 0.6) is 5.75 Å². The Bertz CT molecular complexity index is 548. The number of fused-ring (bicyclic) bond motifs is 1. The van der Waals surface area contributed by atoms with E-state index in [9.17, 15) is 4.79 Å². The van der Waals surface area contributed by atoms with Crippen LogP contribution in [0, 0.1) is 0 Å². The van der Waals surface area contributed by atoms with Crippen molar-refractivity contribution in [1.82, 2.24) is 4.57 Å². The summed E-state index contributed by atoms with van der Waals surface area (Å²) in [7, 11) is 1.61. The Labute approximate surface area is 98.4 Å². The summed E-state index contributed by atoms with van der Waals surface area (Å²) in [5.41, 5.74) is 6.44. The molecule has 0 bridgehead atoms. The van der Waals surface area contributed by atoms with Gasteiger partial charge in [-0.1, -0.05) is 6.07 Å². The van der Waals surface area contributed by atoms with Crippen molar-refractivity contribution in [3.8, 4) is 5.75 Å². The maximum absolute atomic E-state index is 10.7. The molecule has 0 saturated carbocycles. The third-order valence-electron chi connectivity index (χ3n) is 2.70. The predicted octanol–water partition coefficient (Wildman–Crippen LogP) is 1.06. The lowest BCUT2D eigenvalue weighted by molar-refractivity contribution is -0.138. The van der Waals surface area contributed by atoms with E-state index >= 15 is 0 Å². The van der Waals surface area contributed by atoms with Crippen LogP contribution in [-0.2, 0) is 11.3 Å². The lowest BCUT2D eigenvalue weighted by atomic mass is 10.2. The lowest BCUT2D eigenvalue weighted by Crippen LogP contribution is -2.34. The second-order valence-electron chi connectivity index (χ2n) is 3.81. The highest BCUT2D eigenvalue weighted by atomic mass is 16.5. The zero-order valence-corrected chi connectivity index (χ0v) is 9.46. The van der Waals surface area contributed by atoms with Gasteiger partial charge < -0.3 is 20.1 Å². The van der Waals surface area contributed by atoms with Crippen LogP contribution in [0.1, 0.15) is 0 Å². The summed E-state index contributed by atoms with van der Waals surface area (Å²) in [5.74, 6) is -0.236. The van der Waals surface area contributed by atoms with Gasteiger partial charge in [0.1, 0.15) is 11.8 Å². The quantitative estimate of drug-likeness (QED) is 0.829. The van der Waals surface area contributed by atoms with Gasteiger partial charge in [0.25, 0.3) is 0 Å². The summed E-state index contributed by atoms with van der Waals surface area (Å²) < 4.78 is 7.05. The van der Waals surface area contributed by atoms with Crippen LogP contribution in [0.15, 0.2) is 30.5 Å². The van der Waals surface area contributed by atoms with E-state index in [1.54, 1.807) is 7.11 Å². The molecule has 0 radical (unpaired) electrons. The molecule has 1 aromatic carbocycles. The molecule has 2 aromatic rings. The summed E-state index contributed by atoms with van der Waals surface area (Å²) in [5, 5.41) is 9.74. The van der Waals surface area contributed by atoms with Gasteiger partial charge in [0.05, 0.1) is 12.6 Å². The topological polar surface area (TPSA) is 77.5 Å². The monoisotopic (exact) mass is 234 g/mol. The van der Waals surface area contributed by atoms with Crippen LogP contribution in [0.3, 0.4) is 0 Å². The van der Waals surface area contributed by atoms with Gasteiger partial charge in [-0.3, -0.25) is 4.79 Å². The zero-order valence-electron chi connectivity index (χ0n) is 9.46. The molecule has 1 heterocycles. The molecule has 90 valence electrons. The van der Waals surface area contributed by atoms with Gasteiger partial charge in [-0.05, 0) is 18.2 Å². The Morgan fingerprint density at radius 1 is 1.53 bits per heavy atom. The molecule has 5 heteroatoms. The molecule has 1 unspecified atom stereocenters. The molecule has 0 aliphatic heterocycles. The molecule has 3 N–H and O–H groups in total. The average molecular weight is 234 g/mol. The van der Waals surface area contributed by atoms with E-state index in [2.05, 4.69) is 0 Å². The van der Waals surface area contributed by atoms with Gasteiger partial charge in [0.15, 0.2) is 0 Å². The van der Waals surface area contributed by atoms with Crippen molar-refractivity contribution >= 4 is 16.9 Å². The van der Waals surface area contributed by atoms with Crippen LogP contribution in [0.2, 0.25) is 0 Å². The van der Waals surface area contributed by atoms with E-state index in [0.29, 0.717) is 0 Å². The molecule has 0 fully saturated rings. The number of rotatable bonds is 4. The Kier molecular flexibility index (Phi) is 3.01. The number of carboxylic acid groups (broad SMARTS) is 1. The summed E-state index contributed by atoms with van der Waals surface area (Å²) in [6.45, 7) is 0.242. The first-order valence-electron chi connectivity index (χ1n) is 5.23. The van der Waals surface area contributed by atoms with Crippen molar-refractivity contribution in [2.24, 2.45) is 5.73 Å². The van der Waals surface area contributed by atoms with Gasteiger partial charge in [0, 0.05) is 18.1 Å². The molecular weight excluding hydrogens is 220 g/mol. The number of benzene rings is 1. The maximum atomic E-state index is 10.7. The van der Waals surface area contributed by atoms with Crippen molar-refractivity contribution < 1.29 is 14.6 Å². The van der Waals surface area contributed by atoms with Crippen molar-refractivity contribution in [2.75, 3.05) is 7.11 Å². The third kappa shape index (κ3) is 2.09. The SMILES string of the molecule is COc1cccc2c1ccn2CC(N)C(=O)O. The molecule has 1 aromatic heterocycles. The van der Waals surface area contributed by atoms with Gasteiger partial charge in [0.2, 0.25) is 0 Å². The summed E-state index contributed by atoms with van der Waals surface area (Å²) in [4.78, 5) is 10.7. The average Bonchev–Trinajstić information content (AvgIpc) is 2.72. The number of carbonyl (C=O) groups is 1. The highest BCUT2D eigenvalue weighted by Gasteiger charge is 2.14. The van der Waals surface area contributed by atoms with Gasteiger partial charge in [-0.25, -0.2) is 0 Å². The molecule has 17 heavy (non-hydrogen) atoms. The Morgan fingerprint density at radius 2 is 2.29 bits per heavy atom. The van der Waals surface area contributed by atoms with Crippen molar-refractivity contribution in [3.05, 3.63) is 30.5 Å². The van der Waals surface area contributed by atoms with Crippen LogP contribution in [0.4, 0.5) is 0 Å². The molecule has 2 rings (SSSR count). The van der Waals surface area contributed by atoms with E-state index < -0.39 is 12.0 Å². The second kappa shape index (κ2) is 4.47. The number of aliphatic carboxylic acids is 1. The Hall–Kier alpha value is -2.01. The number of ether oxygens (including phenoxy) is 1. The molecule has 0 amide bonds. The van der Waals surface area contributed by atoms with Crippen LogP contribution < -0.4 is 10.5 Å². The highest BCUT2D eigenvalue weighted by Crippen LogP contribution is 2.26. The minimum Gasteiger partial charge on any atom is -0.496 e. The summed E-state index contributed by atoms with van der Waals surface area (Å²) in [6.07, 6.45) is 1.82. The minimum absolute atomic E-state index is 0.242. The number of nitrogens with zero attached hydrogens (tertiary/aromatic N) is 1. The van der Waals surface area contributed by atoms with Gasteiger partial charge >= 0.3 is 5.97 Å². The predicted molar refractivity (Wildman–Crippen MR) is 64.1 cm³/mol. The molecule has 0 aliphatic carbocycles.